The number of halogens is 1. The third-order valence-corrected chi connectivity index (χ3v) is 5.44. The summed E-state index contributed by atoms with van der Waals surface area (Å²) in [4.78, 5) is 25.4. The van der Waals surface area contributed by atoms with E-state index in [0.29, 0.717) is 10.6 Å². The summed E-state index contributed by atoms with van der Waals surface area (Å²) < 4.78 is 13.3. The molecule has 0 spiro atoms. The predicted molar refractivity (Wildman–Crippen MR) is 93.1 cm³/mol. The Morgan fingerprint density at radius 3 is 2.58 bits per heavy atom. The van der Waals surface area contributed by atoms with E-state index >= 15 is 0 Å². The summed E-state index contributed by atoms with van der Waals surface area (Å²) in [5.41, 5.74) is 7.17. The number of hydrogen-bond donors (Lipinski definition) is 2. The highest BCUT2D eigenvalue weighted by molar-refractivity contribution is 7.17. The van der Waals surface area contributed by atoms with Crippen LogP contribution in [0.25, 0.3) is 0 Å². The Bertz CT molecular complexity index is 785. The maximum Gasteiger partial charge on any atom is 0.256 e. The Kier molecular flexibility index (Phi) is 4.94. The first-order valence-electron chi connectivity index (χ1n) is 8.07. The highest BCUT2D eigenvalue weighted by atomic mass is 32.1. The maximum absolute atomic E-state index is 13.3. The van der Waals surface area contributed by atoms with Crippen molar-refractivity contribution < 1.29 is 14.0 Å². The molecule has 0 bridgehead atoms. The van der Waals surface area contributed by atoms with E-state index in [-0.39, 0.29) is 5.56 Å². The van der Waals surface area contributed by atoms with Crippen LogP contribution < -0.4 is 11.1 Å². The van der Waals surface area contributed by atoms with Crippen LogP contribution in [0.2, 0.25) is 0 Å². The van der Waals surface area contributed by atoms with E-state index in [2.05, 4.69) is 5.32 Å². The summed E-state index contributed by atoms with van der Waals surface area (Å²) in [6.45, 7) is 0. The van der Waals surface area contributed by atoms with Gasteiger partial charge in [-0.05, 0) is 49.4 Å². The standard InChI is InChI=1S/C18H19FN2O2S/c19-12-7-5-6-11(10-12)17(23)21-18-15(16(20)22)13-8-3-1-2-4-9-14(13)24-18/h5-7,10H,1-4,8-9H2,(H2,20,22)(H,21,23). The molecule has 2 amide bonds. The zero-order valence-corrected chi connectivity index (χ0v) is 14.0. The SMILES string of the molecule is NC(=O)c1c(NC(=O)c2cccc(F)c2)sc2c1CCCCCC2. The largest absolute Gasteiger partial charge is 0.365 e. The highest BCUT2D eigenvalue weighted by Crippen LogP contribution is 2.37. The van der Waals surface area contributed by atoms with Gasteiger partial charge in [0.05, 0.1) is 5.56 Å². The predicted octanol–water partition coefficient (Wildman–Crippen LogP) is 3.90. The summed E-state index contributed by atoms with van der Waals surface area (Å²) >= 11 is 1.41. The van der Waals surface area contributed by atoms with Crippen molar-refractivity contribution in [3.8, 4) is 0 Å². The van der Waals surface area contributed by atoms with Crippen LogP contribution in [0.4, 0.5) is 9.39 Å². The number of amides is 2. The molecule has 126 valence electrons. The van der Waals surface area contributed by atoms with Crippen LogP contribution >= 0.6 is 11.3 Å². The van der Waals surface area contributed by atoms with E-state index < -0.39 is 17.6 Å². The number of primary amides is 1. The number of aryl methyl sites for hydroxylation is 1. The van der Waals surface area contributed by atoms with Crippen LogP contribution in [-0.2, 0) is 12.8 Å². The summed E-state index contributed by atoms with van der Waals surface area (Å²) in [5, 5.41) is 3.22. The van der Waals surface area contributed by atoms with Crippen LogP contribution in [0.5, 0.6) is 0 Å². The number of carbonyl (C=O) groups excluding carboxylic acids is 2. The molecule has 1 aromatic heterocycles. The Morgan fingerprint density at radius 1 is 1.12 bits per heavy atom. The molecular formula is C18H19FN2O2S. The lowest BCUT2D eigenvalue weighted by Crippen LogP contribution is -2.18. The normalized spacial score (nSPS) is 14.4. The second-order valence-corrected chi connectivity index (χ2v) is 7.06. The molecule has 0 fully saturated rings. The number of nitrogens with one attached hydrogen (secondary N) is 1. The Morgan fingerprint density at radius 2 is 1.88 bits per heavy atom. The maximum atomic E-state index is 13.3. The van der Waals surface area contributed by atoms with Crippen LogP contribution in [0, 0.1) is 5.82 Å². The number of anilines is 1. The van der Waals surface area contributed by atoms with Crippen LogP contribution in [0.1, 0.15) is 56.8 Å². The van der Waals surface area contributed by atoms with E-state index in [9.17, 15) is 14.0 Å². The Labute approximate surface area is 143 Å². The van der Waals surface area contributed by atoms with E-state index in [4.69, 9.17) is 5.73 Å². The molecule has 2 aromatic rings. The number of fused-ring (bicyclic) bond motifs is 1. The van der Waals surface area contributed by atoms with Crippen molar-refractivity contribution in [2.75, 3.05) is 5.32 Å². The molecule has 1 aliphatic carbocycles. The van der Waals surface area contributed by atoms with Gasteiger partial charge < -0.3 is 11.1 Å². The fourth-order valence-corrected chi connectivity index (χ4v) is 4.36. The van der Waals surface area contributed by atoms with Gasteiger partial charge in [0.1, 0.15) is 10.8 Å². The fraction of sp³-hybridized carbons (Fsp3) is 0.333. The molecule has 1 heterocycles. The van der Waals surface area contributed by atoms with E-state index in [1.807, 2.05) is 0 Å². The smallest absolute Gasteiger partial charge is 0.256 e. The monoisotopic (exact) mass is 346 g/mol. The number of nitrogens with two attached hydrogens (primary N) is 1. The van der Waals surface area contributed by atoms with Crippen molar-refractivity contribution in [3.63, 3.8) is 0 Å². The molecular weight excluding hydrogens is 327 g/mol. The molecule has 1 aliphatic rings. The van der Waals surface area contributed by atoms with Crippen molar-refractivity contribution in [2.45, 2.75) is 38.5 Å². The number of hydrogen-bond acceptors (Lipinski definition) is 3. The highest BCUT2D eigenvalue weighted by Gasteiger charge is 2.24. The second-order valence-electron chi connectivity index (χ2n) is 5.95. The molecule has 4 nitrogen and oxygen atoms in total. The van der Waals surface area contributed by atoms with Gasteiger partial charge in [-0.3, -0.25) is 9.59 Å². The minimum atomic E-state index is -0.525. The molecule has 0 atom stereocenters. The minimum absolute atomic E-state index is 0.214. The van der Waals surface area contributed by atoms with Gasteiger partial charge in [-0.25, -0.2) is 4.39 Å². The zero-order valence-electron chi connectivity index (χ0n) is 13.2. The first-order chi connectivity index (χ1) is 11.6. The van der Waals surface area contributed by atoms with E-state index in [1.165, 1.54) is 42.0 Å². The molecule has 24 heavy (non-hydrogen) atoms. The molecule has 0 radical (unpaired) electrons. The first-order valence-corrected chi connectivity index (χ1v) is 8.89. The lowest BCUT2D eigenvalue weighted by Gasteiger charge is -2.10. The Hall–Kier alpha value is -2.21. The summed E-state index contributed by atoms with van der Waals surface area (Å²) in [6, 6.07) is 5.46. The van der Waals surface area contributed by atoms with Gasteiger partial charge in [0.15, 0.2) is 0 Å². The quantitative estimate of drug-likeness (QED) is 0.885. The van der Waals surface area contributed by atoms with Crippen molar-refractivity contribution >= 4 is 28.2 Å². The number of carbonyl (C=O) groups is 2. The van der Waals surface area contributed by atoms with Crippen molar-refractivity contribution in [1.29, 1.82) is 0 Å². The Balaban J connectivity index is 1.93. The second kappa shape index (κ2) is 7.13. The van der Waals surface area contributed by atoms with Gasteiger partial charge in [0.25, 0.3) is 11.8 Å². The van der Waals surface area contributed by atoms with Gasteiger partial charge in [-0.1, -0.05) is 18.9 Å². The molecule has 1 aromatic carbocycles. The third-order valence-electron chi connectivity index (χ3n) is 4.23. The van der Waals surface area contributed by atoms with Gasteiger partial charge >= 0.3 is 0 Å². The molecule has 3 rings (SSSR count). The average Bonchev–Trinajstić information content (AvgIpc) is 2.84. The number of thiophene rings is 1. The van der Waals surface area contributed by atoms with Gasteiger partial charge in [0.2, 0.25) is 0 Å². The first kappa shape index (κ1) is 16.6. The summed E-state index contributed by atoms with van der Waals surface area (Å²) in [6.07, 6.45) is 6.10. The van der Waals surface area contributed by atoms with E-state index in [1.54, 1.807) is 0 Å². The average molecular weight is 346 g/mol. The lowest BCUT2D eigenvalue weighted by atomic mass is 9.96. The lowest BCUT2D eigenvalue weighted by molar-refractivity contribution is 0.100. The van der Waals surface area contributed by atoms with Crippen molar-refractivity contribution in [2.24, 2.45) is 5.73 Å². The fourth-order valence-electron chi connectivity index (χ4n) is 3.07. The molecule has 0 saturated carbocycles. The van der Waals surface area contributed by atoms with Crippen molar-refractivity contribution in [3.05, 3.63) is 51.7 Å². The topological polar surface area (TPSA) is 72.2 Å². The molecule has 3 N–H and O–H groups in total. The van der Waals surface area contributed by atoms with Gasteiger partial charge in [0, 0.05) is 10.4 Å². The van der Waals surface area contributed by atoms with Crippen molar-refractivity contribution in [1.82, 2.24) is 0 Å². The molecule has 0 aliphatic heterocycles. The third kappa shape index (κ3) is 3.48. The summed E-state index contributed by atoms with van der Waals surface area (Å²) in [5.74, 6) is -1.44. The molecule has 0 saturated heterocycles. The number of rotatable bonds is 3. The van der Waals surface area contributed by atoms with Crippen LogP contribution in [0.3, 0.4) is 0 Å². The molecule has 6 heteroatoms. The van der Waals surface area contributed by atoms with E-state index in [0.717, 1.165) is 42.5 Å². The zero-order chi connectivity index (χ0) is 17.1. The van der Waals surface area contributed by atoms with Gasteiger partial charge in [-0.15, -0.1) is 11.3 Å². The van der Waals surface area contributed by atoms with Crippen LogP contribution in [-0.4, -0.2) is 11.8 Å². The minimum Gasteiger partial charge on any atom is -0.365 e. The number of benzene rings is 1. The van der Waals surface area contributed by atoms with Gasteiger partial charge in [-0.2, -0.15) is 0 Å². The van der Waals surface area contributed by atoms with Crippen LogP contribution in [0.15, 0.2) is 24.3 Å². The molecule has 0 unspecified atom stereocenters. The summed E-state index contributed by atoms with van der Waals surface area (Å²) in [7, 11) is 0.